The van der Waals surface area contributed by atoms with Crippen molar-refractivity contribution in [2.75, 3.05) is 37.0 Å². The number of aromatic nitrogens is 6. The van der Waals surface area contributed by atoms with E-state index in [9.17, 15) is 9.18 Å². The molecule has 1 saturated heterocycles. The average Bonchev–Trinajstić information content (AvgIpc) is 3.07. The highest BCUT2D eigenvalue weighted by Gasteiger charge is 2.21. The molecular weight excluding hydrogens is 477 g/mol. The highest BCUT2D eigenvalue weighted by Crippen LogP contribution is 2.32. The monoisotopic (exact) mass is 505 g/mol. The van der Waals surface area contributed by atoms with Crippen LogP contribution in [0.1, 0.15) is 32.1 Å². The summed E-state index contributed by atoms with van der Waals surface area (Å²) in [6, 6.07) is 5.42. The maximum absolute atomic E-state index is 14.9. The summed E-state index contributed by atoms with van der Waals surface area (Å²) in [7, 11) is 1.50. The third-order valence-electron chi connectivity index (χ3n) is 6.13. The van der Waals surface area contributed by atoms with Crippen molar-refractivity contribution < 1.29 is 13.9 Å². The predicted octanol–water partition coefficient (Wildman–Crippen LogP) is 3.39. The Labute approximate surface area is 213 Å². The smallest absolute Gasteiger partial charge is 0.242 e. The van der Waals surface area contributed by atoms with Gasteiger partial charge in [0, 0.05) is 12.6 Å². The van der Waals surface area contributed by atoms with Crippen LogP contribution in [0, 0.1) is 12.7 Å². The number of rotatable bonds is 6. The van der Waals surface area contributed by atoms with Gasteiger partial charge >= 0.3 is 0 Å². The second-order valence-electron chi connectivity index (χ2n) is 9.00. The number of methoxy groups -OCH3 is 1. The van der Waals surface area contributed by atoms with Crippen LogP contribution in [0.15, 0.2) is 30.6 Å². The fraction of sp³-hybridized carbons (Fsp3) is 0.360. The fourth-order valence-corrected chi connectivity index (χ4v) is 4.49. The average molecular weight is 506 g/mol. The number of nitrogens with one attached hydrogen (secondary N) is 2. The minimum atomic E-state index is -0.622. The molecule has 0 saturated carbocycles. The van der Waals surface area contributed by atoms with Gasteiger partial charge in [-0.15, -0.1) is 0 Å². The molecule has 1 fully saturated rings. The number of halogens is 1. The maximum Gasteiger partial charge on any atom is 0.242 e. The van der Waals surface area contributed by atoms with Crippen molar-refractivity contribution in [1.29, 1.82) is 0 Å². The van der Waals surface area contributed by atoms with Gasteiger partial charge in [0.05, 0.1) is 42.9 Å². The highest BCUT2D eigenvalue weighted by molar-refractivity contribution is 5.95. The number of amides is 1. The van der Waals surface area contributed by atoms with Crippen molar-refractivity contribution in [3.05, 3.63) is 42.2 Å². The van der Waals surface area contributed by atoms with E-state index in [1.807, 2.05) is 25.3 Å². The molecule has 0 spiro atoms. The van der Waals surface area contributed by atoms with Crippen LogP contribution in [0.25, 0.3) is 22.4 Å². The van der Waals surface area contributed by atoms with Crippen LogP contribution in [0.5, 0.6) is 5.88 Å². The maximum atomic E-state index is 14.9. The van der Waals surface area contributed by atoms with Crippen LogP contribution >= 0.6 is 0 Å². The van der Waals surface area contributed by atoms with E-state index in [0.717, 1.165) is 30.5 Å². The SMILES string of the molecule is COc1nc(-c2nc(Nc3ccc(N4CCCNCC4=O)cn3)ncc2F)cc2c1nc(C)n2C(C)C. The Balaban J connectivity index is 1.46. The van der Waals surface area contributed by atoms with Crippen molar-refractivity contribution in [1.82, 2.24) is 34.8 Å². The zero-order chi connectivity index (χ0) is 26.1. The van der Waals surface area contributed by atoms with E-state index in [1.54, 1.807) is 29.3 Å². The first-order valence-electron chi connectivity index (χ1n) is 12.1. The molecule has 5 heterocycles. The number of anilines is 3. The summed E-state index contributed by atoms with van der Waals surface area (Å²) in [6.45, 7) is 7.73. The van der Waals surface area contributed by atoms with E-state index in [4.69, 9.17) is 4.74 Å². The molecule has 11 nitrogen and oxygen atoms in total. The third-order valence-corrected chi connectivity index (χ3v) is 6.13. The first-order valence-corrected chi connectivity index (χ1v) is 12.1. The van der Waals surface area contributed by atoms with Crippen molar-refractivity contribution in [3.8, 4) is 17.3 Å². The van der Waals surface area contributed by atoms with Crippen LogP contribution in [-0.2, 0) is 4.79 Å². The lowest BCUT2D eigenvalue weighted by molar-refractivity contribution is -0.117. The summed E-state index contributed by atoms with van der Waals surface area (Å²) in [5, 5.41) is 6.10. The number of ether oxygens (including phenoxy) is 1. The summed E-state index contributed by atoms with van der Waals surface area (Å²) >= 11 is 0. The Morgan fingerprint density at radius 1 is 1.16 bits per heavy atom. The Bertz CT molecular complexity index is 1450. The Kier molecular flexibility index (Phi) is 6.66. The van der Waals surface area contributed by atoms with Crippen LogP contribution < -0.4 is 20.3 Å². The lowest BCUT2D eigenvalue weighted by Gasteiger charge is -2.20. The van der Waals surface area contributed by atoms with Crippen molar-refractivity contribution in [2.24, 2.45) is 0 Å². The van der Waals surface area contributed by atoms with Gasteiger partial charge in [-0.05, 0) is 51.9 Å². The molecule has 1 aliphatic rings. The third kappa shape index (κ3) is 4.79. The van der Waals surface area contributed by atoms with Gasteiger partial charge in [0.2, 0.25) is 17.7 Å². The molecule has 1 aliphatic heterocycles. The number of aryl methyl sites for hydroxylation is 1. The first-order chi connectivity index (χ1) is 17.9. The quantitative estimate of drug-likeness (QED) is 0.406. The Morgan fingerprint density at radius 3 is 2.73 bits per heavy atom. The van der Waals surface area contributed by atoms with E-state index in [2.05, 4.69) is 35.6 Å². The molecule has 192 valence electrons. The minimum absolute atomic E-state index is 0.000388. The van der Waals surface area contributed by atoms with Crippen LogP contribution in [0.3, 0.4) is 0 Å². The second-order valence-corrected chi connectivity index (χ2v) is 9.00. The molecule has 0 aromatic carbocycles. The predicted molar refractivity (Wildman–Crippen MR) is 138 cm³/mol. The largest absolute Gasteiger partial charge is 0.479 e. The Morgan fingerprint density at radius 2 is 2.00 bits per heavy atom. The molecule has 0 aliphatic carbocycles. The molecule has 0 radical (unpaired) electrons. The normalized spacial score (nSPS) is 14.3. The van der Waals surface area contributed by atoms with Gasteiger partial charge in [0.25, 0.3) is 0 Å². The summed E-state index contributed by atoms with van der Waals surface area (Å²) in [6.07, 6.45) is 3.57. The molecule has 0 bridgehead atoms. The minimum Gasteiger partial charge on any atom is -0.479 e. The lowest BCUT2D eigenvalue weighted by Crippen LogP contribution is -2.34. The van der Waals surface area contributed by atoms with Gasteiger partial charge in [-0.2, -0.15) is 0 Å². The topological polar surface area (TPSA) is 123 Å². The molecule has 12 heteroatoms. The second kappa shape index (κ2) is 10.1. The van der Waals surface area contributed by atoms with Gasteiger partial charge in [-0.1, -0.05) is 0 Å². The zero-order valence-electron chi connectivity index (χ0n) is 21.1. The number of hydrogen-bond acceptors (Lipinski definition) is 9. The molecule has 37 heavy (non-hydrogen) atoms. The molecule has 4 aromatic heterocycles. The van der Waals surface area contributed by atoms with Crippen molar-refractivity contribution in [2.45, 2.75) is 33.2 Å². The van der Waals surface area contributed by atoms with Crippen molar-refractivity contribution >= 4 is 34.4 Å². The molecule has 4 aromatic rings. The molecule has 5 rings (SSSR count). The summed E-state index contributed by atoms with van der Waals surface area (Å²) in [4.78, 5) is 35.9. The fourth-order valence-electron chi connectivity index (χ4n) is 4.49. The van der Waals surface area contributed by atoms with E-state index >= 15 is 0 Å². The number of pyridine rings is 2. The van der Waals surface area contributed by atoms with E-state index in [-0.39, 0.29) is 29.5 Å². The van der Waals surface area contributed by atoms with Crippen LogP contribution in [0.4, 0.5) is 21.8 Å². The lowest BCUT2D eigenvalue weighted by atomic mass is 10.2. The standard InChI is InChI=1S/C25H28FN9O2/c1-14(2)35-15(3)30-23-19(35)10-18(31-24(23)37-4)22-17(26)12-29-25(33-22)32-20-7-6-16(11-28-20)34-9-5-8-27-13-21(34)36/h6-7,10-12,14,27H,5,8-9,13H2,1-4H3,(H,28,29,32,33). The van der Waals surface area contributed by atoms with E-state index < -0.39 is 5.82 Å². The van der Waals surface area contributed by atoms with Gasteiger partial charge in [-0.25, -0.2) is 29.3 Å². The number of hydrogen-bond donors (Lipinski definition) is 2. The zero-order valence-corrected chi connectivity index (χ0v) is 21.1. The first kappa shape index (κ1) is 24.5. The van der Waals surface area contributed by atoms with Gasteiger partial charge in [0.15, 0.2) is 11.3 Å². The molecule has 0 unspecified atom stereocenters. The molecule has 1 amide bonds. The van der Waals surface area contributed by atoms with Crippen LogP contribution in [0.2, 0.25) is 0 Å². The molecule has 0 atom stereocenters. The highest BCUT2D eigenvalue weighted by atomic mass is 19.1. The summed E-state index contributed by atoms with van der Waals surface area (Å²) in [5.74, 6) is 1.08. The molecular formula is C25H28FN9O2. The number of nitrogens with zero attached hydrogens (tertiary/aromatic N) is 7. The van der Waals surface area contributed by atoms with Gasteiger partial charge in [-0.3, -0.25) is 4.79 Å². The van der Waals surface area contributed by atoms with E-state index in [1.165, 1.54) is 7.11 Å². The van der Waals surface area contributed by atoms with Gasteiger partial charge in [0.1, 0.15) is 17.3 Å². The molecule has 2 N–H and O–H groups in total. The number of imidazole rings is 1. The summed E-state index contributed by atoms with van der Waals surface area (Å²) in [5.41, 5.74) is 2.41. The van der Waals surface area contributed by atoms with Crippen molar-refractivity contribution in [3.63, 3.8) is 0 Å². The number of carbonyl (C=O) groups excluding carboxylic acids is 1. The van der Waals surface area contributed by atoms with E-state index in [0.29, 0.717) is 35.8 Å². The number of carbonyl (C=O) groups is 1. The Hall–Kier alpha value is -4.19. The summed E-state index contributed by atoms with van der Waals surface area (Å²) < 4.78 is 22.4. The van der Waals surface area contributed by atoms with Crippen LogP contribution in [-0.4, -0.2) is 62.1 Å². The van der Waals surface area contributed by atoms with Gasteiger partial charge < -0.3 is 24.8 Å². The number of fused-ring (bicyclic) bond motifs is 1.